The zero-order valence-corrected chi connectivity index (χ0v) is 12.3. The molecule has 0 aliphatic carbocycles. The van der Waals surface area contributed by atoms with Crippen LogP contribution in [0.1, 0.15) is 24.7 Å². The fourth-order valence-electron chi connectivity index (χ4n) is 2.29. The number of likely N-dealkylation sites (N-methyl/N-ethyl adjacent to an activating group) is 1. The number of benzene rings is 1. The first-order valence-corrected chi connectivity index (χ1v) is 7.26. The largest absolute Gasteiger partial charge is 0.469 e. The van der Waals surface area contributed by atoms with E-state index in [0.29, 0.717) is 6.04 Å². The molecule has 2 aromatic rings. The summed E-state index contributed by atoms with van der Waals surface area (Å²) in [6.07, 6.45) is 4.38. The van der Waals surface area contributed by atoms with Gasteiger partial charge in [0.1, 0.15) is 11.6 Å². The molecule has 1 heterocycles. The lowest BCUT2D eigenvalue weighted by atomic mass is 10.0. The lowest BCUT2D eigenvalue weighted by Gasteiger charge is -2.17. The van der Waals surface area contributed by atoms with E-state index in [9.17, 15) is 4.39 Å². The number of halogens is 2. The minimum Gasteiger partial charge on any atom is -0.469 e. The zero-order chi connectivity index (χ0) is 14.4. The van der Waals surface area contributed by atoms with Gasteiger partial charge in [-0.3, -0.25) is 0 Å². The van der Waals surface area contributed by atoms with Crippen LogP contribution in [0.5, 0.6) is 0 Å². The summed E-state index contributed by atoms with van der Waals surface area (Å²) in [4.78, 5) is 0. The molecule has 0 saturated carbocycles. The molecule has 0 radical (unpaired) electrons. The number of hydrogen-bond acceptors (Lipinski definition) is 2. The molecule has 2 nitrogen and oxygen atoms in total. The van der Waals surface area contributed by atoms with Crippen LogP contribution in [0, 0.1) is 5.82 Å². The van der Waals surface area contributed by atoms with Crippen molar-refractivity contribution in [2.24, 2.45) is 0 Å². The van der Waals surface area contributed by atoms with Crippen molar-refractivity contribution in [3.63, 3.8) is 0 Å². The van der Waals surface area contributed by atoms with Crippen LogP contribution in [0.25, 0.3) is 0 Å². The van der Waals surface area contributed by atoms with Crippen molar-refractivity contribution >= 4 is 11.6 Å². The number of aryl methyl sites for hydroxylation is 1. The summed E-state index contributed by atoms with van der Waals surface area (Å²) < 4.78 is 18.5. The van der Waals surface area contributed by atoms with Gasteiger partial charge >= 0.3 is 0 Å². The minimum absolute atomic E-state index is 0.184. The third-order valence-electron chi connectivity index (χ3n) is 3.28. The van der Waals surface area contributed by atoms with E-state index in [0.717, 1.165) is 37.1 Å². The Hall–Kier alpha value is -1.32. The van der Waals surface area contributed by atoms with Gasteiger partial charge in [-0.15, -0.1) is 0 Å². The maximum Gasteiger partial charge on any atom is 0.141 e. The van der Waals surface area contributed by atoms with Gasteiger partial charge in [0, 0.05) is 12.5 Å². The van der Waals surface area contributed by atoms with Gasteiger partial charge in [-0.1, -0.05) is 24.6 Å². The average Bonchev–Trinajstić information content (AvgIpc) is 2.94. The predicted molar refractivity (Wildman–Crippen MR) is 79.6 cm³/mol. The topological polar surface area (TPSA) is 25.2 Å². The van der Waals surface area contributed by atoms with Gasteiger partial charge in [0.2, 0.25) is 0 Å². The van der Waals surface area contributed by atoms with E-state index in [2.05, 4.69) is 12.2 Å². The molecule has 1 aromatic heterocycles. The molecule has 20 heavy (non-hydrogen) atoms. The van der Waals surface area contributed by atoms with E-state index in [1.807, 2.05) is 12.1 Å². The maximum atomic E-state index is 13.2. The number of rotatable bonds is 7. The van der Waals surface area contributed by atoms with Gasteiger partial charge in [0.15, 0.2) is 0 Å². The highest BCUT2D eigenvalue weighted by Gasteiger charge is 2.11. The van der Waals surface area contributed by atoms with Crippen molar-refractivity contribution in [2.75, 3.05) is 6.54 Å². The molecule has 0 aliphatic rings. The lowest BCUT2D eigenvalue weighted by Crippen LogP contribution is -2.31. The standard InChI is InChI=1S/C16H19ClFNO/c1-2-19-13(6-7-14-4-3-9-20-14)10-12-5-8-16(18)15(17)11-12/h3-5,8-9,11,13,19H,2,6-7,10H2,1H3. The van der Waals surface area contributed by atoms with Crippen LogP contribution in [0.4, 0.5) is 4.39 Å². The molecule has 0 amide bonds. The molecule has 4 heteroatoms. The molecule has 0 fully saturated rings. The Morgan fingerprint density at radius 2 is 2.20 bits per heavy atom. The van der Waals surface area contributed by atoms with Gasteiger partial charge in [-0.2, -0.15) is 0 Å². The predicted octanol–water partition coefficient (Wildman–Crippen LogP) is 4.23. The maximum absolute atomic E-state index is 13.2. The Kier molecular flexibility index (Phi) is 5.62. The van der Waals surface area contributed by atoms with Crippen LogP contribution < -0.4 is 5.32 Å². The normalized spacial score (nSPS) is 12.6. The van der Waals surface area contributed by atoms with E-state index in [-0.39, 0.29) is 10.8 Å². The minimum atomic E-state index is -0.369. The van der Waals surface area contributed by atoms with E-state index in [1.54, 1.807) is 18.4 Å². The molecule has 1 aromatic carbocycles. The average molecular weight is 296 g/mol. The third-order valence-corrected chi connectivity index (χ3v) is 3.57. The molecule has 0 aliphatic heterocycles. The van der Waals surface area contributed by atoms with E-state index in [4.69, 9.17) is 16.0 Å². The zero-order valence-electron chi connectivity index (χ0n) is 11.5. The summed E-state index contributed by atoms with van der Waals surface area (Å²) in [7, 11) is 0. The molecule has 0 bridgehead atoms. The van der Waals surface area contributed by atoms with Crippen molar-refractivity contribution in [3.05, 3.63) is 58.8 Å². The van der Waals surface area contributed by atoms with Crippen molar-refractivity contribution in [1.29, 1.82) is 0 Å². The third kappa shape index (κ3) is 4.36. The monoisotopic (exact) mass is 295 g/mol. The van der Waals surface area contributed by atoms with Crippen LogP contribution >= 0.6 is 11.6 Å². The van der Waals surface area contributed by atoms with Crippen LogP contribution in [-0.4, -0.2) is 12.6 Å². The highest BCUT2D eigenvalue weighted by molar-refractivity contribution is 6.30. The Labute approximate surface area is 123 Å². The van der Waals surface area contributed by atoms with Gasteiger partial charge in [-0.25, -0.2) is 4.39 Å². The van der Waals surface area contributed by atoms with E-state index >= 15 is 0 Å². The van der Waals surface area contributed by atoms with Crippen LogP contribution in [0.2, 0.25) is 5.02 Å². The summed E-state index contributed by atoms with van der Waals surface area (Å²) >= 11 is 5.82. The summed E-state index contributed by atoms with van der Waals surface area (Å²) in [5.74, 6) is 0.621. The highest BCUT2D eigenvalue weighted by atomic mass is 35.5. The summed E-state index contributed by atoms with van der Waals surface area (Å²) in [5.41, 5.74) is 1.04. The molecule has 1 N–H and O–H groups in total. The molecule has 2 rings (SSSR count). The van der Waals surface area contributed by atoms with Crippen molar-refractivity contribution in [3.8, 4) is 0 Å². The second-order valence-corrected chi connectivity index (χ2v) is 5.23. The molecule has 1 atom stereocenters. The molecular weight excluding hydrogens is 277 g/mol. The van der Waals surface area contributed by atoms with Crippen LogP contribution in [0.3, 0.4) is 0 Å². The molecular formula is C16H19ClFNO. The van der Waals surface area contributed by atoms with Gasteiger partial charge in [0.25, 0.3) is 0 Å². The Bertz CT molecular complexity index is 527. The fourth-order valence-corrected chi connectivity index (χ4v) is 2.49. The van der Waals surface area contributed by atoms with Gasteiger partial charge < -0.3 is 9.73 Å². The SMILES string of the molecule is CCNC(CCc1ccco1)Cc1ccc(F)c(Cl)c1. The first-order chi connectivity index (χ1) is 9.69. The first kappa shape index (κ1) is 15.1. The number of nitrogens with one attached hydrogen (secondary N) is 1. The Morgan fingerprint density at radius 1 is 1.35 bits per heavy atom. The second kappa shape index (κ2) is 7.46. The van der Waals surface area contributed by atoms with Crippen molar-refractivity contribution in [1.82, 2.24) is 5.32 Å². The number of furan rings is 1. The van der Waals surface area contributed by atoms with Gasteiger partial charge in [-0.05, 0) is 49.2 Å². The summed E-state index contributed by atoms with van der Waals surface area (Å²) in [6.45, 7) is 2.98. The summed E-state index contributed by atoms with van der Waals surface area (Å²) in [5, 5.41) is 3.63. The Morgan fingerprint density at radius 3 is 2.85 bits per heavy atom. The molecule has 108 valence electrons. The molecule has 0 saturated heterocycles. The van der Waals surface area contributed by atoms with Gasteiger partial charge in [0.05, 0.1) is 11.3 Å². The summed E-state index contributed by atoms with van der Waals surface area (Å²) in [6, 6.07) is 9.13. The molecule has 0 spiro atoms. The number of hydrogen-bond donors (Lipinski definition) is 1. The first-order valence-electron chi connectivity index (χ1n) is 6.88. The fraction of sp³-hybridized carbons (Fsp3) is 0.375. The van der Waals surface area contributed by atoms with Crippen molar-refractivity contribution < 1.29 is 8.81 Å². The van der Waals surface area contributed by atoms with E-state index < -0.39 is 0 Å². The highest BCUT2D eigenvalue weighted by Crippen LogP contribution is 2.18. The second-order valence-electron chi connectivity index (χ2n) is 4.83. The van der Waals surface area contributed by atoms with E-state index in [1.165, 1.54) is 6.07 Å². The molecule has 1 unspecified atom stereocenters. The smallest absolute Gasteiger partial charge is 0.141 e. The van der Waals surface area contributed by atoms with Crippen LogP contribution in [-0.2, 0) is 12.8 Å². The Balaban J connectivity index is 1.95. The van der Waals surface area contributed by atoms with Crippen molar-refractivity contribution in [2.45, 2.75) is 32.2 Å². The quantitative estimate of drug-likeness (QED) is 0.827. The lowest BCUT2D eigenvalue weighted by molar-refractivity contribution is 0.447. The van der Waals surface area contributed by atoms with Crippen LogP contribution in [0.15, 0.2) is 41.0 Å².